The molecule has 0 aromatic heterocycles. The van der Waals surface area contributed by atoms with E-state index in [1.807, 2.05) is 4.90 Å². The number of nitrogens with zero attached hydrogens (tertiary/aromatic N) is 5. The molecule has 0 spiro atoms. The second kappa shape index (κ2) is 19.2. The third kappa shape index (κ3) is 11.2. The molecule has 43 heavy (non-hydrogen) atoms. The van der Waals surface area contributed by atoms with E-state index in [9.17, 15) is 28.5 Å². The number of halogens is 3. The first-order valence-corrected chi connectivity index (χ1v) is 12.7. The van der Waals surface area contributed by atoms with Gasteiger partial charge < -0.3 is 32.4 Å². The van der Waals surface area contributed by atoms with Gasteiger partial charge in [0.1, 0.15) is 0 Å². The Labute approximate surface area is 270 Å². The average Bonchev–Trinajstić information content (AvgIpc) is 2.96. The predicted molar refractivity (Wildman–Crippen MR) is 156 cm³/mol. The molecule has 2 aliphatic rings. The molecule has 0 aliphatic carbocycles. The first-order chi connectivity index (χ1) is 19.1. The molecular formula is C27H38ClF2N6O6Pd-. The zero-order chi connectivity index (χ0) is 29.2. The Morgan fingerprint density at radius 3 is 1.60 bits per heavy atom. The number of carbonyl (C=O) groups is 2. The molecule has 0 radical (unpaired) electrons. The molecule has 4 rings (SSSR count). The number of methoxy groups -OCH3 is 2. The Morgan fingerprint density at radius 2 is 1.21 bits per heavy atom. The third-order valence-electron chi connectivity index (χ3n) is 6.76. The number of ether oxygens (including phenoxy) is 2. The molecule has 2 saturated heterocycles. The summed E-state index contributed by atoms with van der Waals surface area (Å²) in [5.74, 6) is -1.14. The number of nitrogens with two attached hydrogens (primary N) is 1. The molecule has 12 nitrogen and oxygen atoms in total. The van der Waals surface area contributed by atoms with Crippen LogP contribution in [0.15, 0.2) is 36.4 Å². The largest absolute Gasteiger partial charge is 0.453 e. The summed E-state index contributed by atoms with van der Waals surface area (Å²) >= 11 is 0. The van der Waals surface area contributed by atoms with Crippen molar-refractivity contribution in [2.75, 3.05) is 72.3 Å². The van der Waals surface area contributed by atoms with Gasteiger partial charge in [0.05, 0.1) is 24.8 Å². The molecule has 2 heterocycles. The zero-order valence-electron chi connectivity index (χ0n) is 24.3. The molecule has 0 bridgehead atoms. The van der Waals surface area contributed by atoms with Gasteiger partial charge in [-0.15, -0.1) is 12.4 Å². The number of carbonyl (C=O) groups excluding carboxylic acids is 2. The number of piperazine rings is 2. The molecule has 244 valence electrons. The molecule has 0 unspecified atom stereocenters. The van der Waals surface area contributed by atoms with Crippen LogP contribution in [0, 0.1) is 29.2 Å². The van der Waals surface area contributed by atoms with Crippen molar-refractivity contribution in [3.05, 3.63) is 76.7 Å². The number of rotatable bonds is 5. The second-order valence-electron chi connectivity index (χ2n) is 9.29. The van der Waals surface area contributed by atoms with Gasteiger partial charge in [-0.1, -0.05) is 24.3 Å². The van der Waals surface area contributed by atoms with Crippen LogP contribution >= 0.6 is 12.4 Å². The minimum absolute atomic E-state index is 0. The van der Waals surface area contributed by atoms with Crippen molar-refractivity contribution in [2.24, 2.45) is 0 Å². The van der Waals surface area contributed by atoms with E-state index in [0.29, 0.717) is 64.5 Å². The summed E-state index contributed by atoms with van der Waals surface area (Å²) in [5, 5.41) is 10.7. The van der Waals surface area contributed by atoms with E-state index >= 15 is 0 Å². The SMILES string of the molecule is COC(=O)N1CCN(Cc2cccc(N)c2F)CC1.COC(=O)N1CCN(Cc2cccc([N+](=O)[O-])c2F)CC1.Cl.[CH3-].[Pd]. The maximum absolute atomic E-state index is 14.0. The van der Waals surface area contributed by atoms with Gasteiger partial charge in [0.15, 0.2) is 5.82 Å². The Morgan fingerprint density at radius 1 is 0.814 bits per heavy atom. The fourth-order valence-corrected chi connectivity index (χ4v) is 4.47. The number of nitrogen functional groups attached to an aromatic ring is 1. The Balaban J connectivity index is 0.000000770. The van der Waals surface area contributed by atoms with Crippen LogP contribution < -0.4 is 5.73 Å². The van der Waals surface area contributed by atoms with Crippen molar-refractivity contribution in [1.29, 1.82) is 0 Å². The van der Waals surface area contributed by atoms with Crippen LogP contribution in [0.3, 0.4) is 0 Å². The van der Waals surface area contributed by atoms with E-state index in [0.717, 1.165) is 6.07 Å². The molecule has 0 atom stereocenters. The van der Waals surface area contributed by atoms with E-state index in [4.69, 9.17) is 5.73 Å². The van der Waals surface area contributed by atoms with E-state index in [1.165, 1.54) is 26.4 Å². The van der Waals surface area contributed by atoms with Gasteiger partial charge in [-0.05, 0) is 6.07 Å². The Bertz CT molecular complexity index is 1200. The van der Waals surface area contributed by atoms with Crippen molar-refractivity contribution >= 4 is 36.0 Å². The summed E-state index contributed by atoms with van der Waals surface area (Å²) in [6, 6.07) is 9.19. The normalized spacial score (nSPS) is 15.0. The molecule has 2 aliphatic heterocycles. The van der Waals surface area contributed by atoms with Gasteiger partial charge in [-0.25, -0.2) is 14.0 Å². The van der Waals surface area contributed by atoms with Crippen molar-refractivity contribution < 1.29 is 53.2 Å². The van der Waals surface area contributed by atoms with E-state index in [1.54, 1.807) is 28.0 Å². The Hall–Kier alpha value is -3.09. The molecule has 2 amide bonds. The monoisotopic (exact) mass is 721 g/mol. The summed E-state index contributed by atoms with van der Waals surface area (Å²) in [6.07, 6.45) is -0.689. The van der Waals surface area contributed by atoms with Crippen LogP contribution in [0.4, 0.5) is 29.7 Å². The third-order valence-corrected chi connectivity index (χ3v) is 6.76. The summed E-state index contributed by atoms with van der Waals surface area (Å²) in [5.41, 5.74) is 6.08. The summed E-state index contributed by atoms with van der Waals surface area (Å²) in [4.78, 5) is 39.9. The summed E-state index contributed by atoms with van der Waals surface area (Å²) in [6.45, 7) is 5.48. The van der Waals surface area contributed by atoms with Crippen LogP contribution in [-0.2, 0) is 43.0 Å². The first kappa shape index (κ1) is 39.9. The maximum atomic E-state index is 14.0. The van der Waals surface area contributed by atoms with E-state index in [-0.39, 0.29) is 76.1 Å². The quantitative estimate of drug-likeness (QED) is 0.161. The van der Waals surface area contributed by atoms with Crippen LogP contribution in [0.1, 0.15) is 11.1 Å². The maximum Gasteiger partial charge on any atom is 0.409 e. The van der Waals surface area contributed by atoms with Gasteiger partial charge in [0.25, 0.3) is 0 Å². The van der Waals surface area contributed by atoms with Crippen molar-refractivity contribution in [2.45, 2.75) is 13.1 Å². The molecule has 0 saturated carbocycles. The number of hydrogen-bond acceptors (Lipinski definition) is 9. The van der Waals surface area contributed by atoms with Gasteiger partial charge in [0, 0.05) is 103 Å². The van der Waals surface area contributed by atoms with Crippen LogP contribution in [0.5, 0.6) is 0 Å². The number of amides is 2. The first-order valence-electron chi connectivity index (χ1n) is 12.7. The van der Waals surface area contributed by atoms with Crippen molar-refractivity contribution in [1.82, 2.24) is 19.6 Å². The molecule has 2 aromatic rings. The van der Waals surface area contributed by atoms with Crippen LogP contribution in [0.25, 0.3) is 0 Å². The zero-order valence-corrected chi connectivity index (χ0v) is 26.6. The smallest absolute Gasteiger partial charge is 0.409 e. The number of nitro benzene ring substituents is 1. The summed E-state index contributed by atoms with van der Waals surface area (Å²) < 4.78 is 37.1. The van der Waals surface area contributed by atoms with E-state index in [2.05, 4.69) is 14.4 Å². The van der Waals surface area contributed by atoms with Crippen LogP contribution in [-0.4, -0.2) is 103 Å². The van der Waals surface area contributed by atoms with Gasteiger partial charge in [0.2, 0.25) is 5.82 Å². The van der Waals surface area contributed by atoms with Crippen LogP contribution in [0.2, 0.25) is 0 Å². The van der Waals surface area contributed by atoms with Crippen molar-refractivity contribution in [3.63, 3.8) is 0 Å². The number of benzene rings is 2. The van der Waals surface area contributed by atoms with Gasteiger partial charge in [-0.3, -0.25) is 19.9 Å². The number of anilines is 1. The topological polar surface area (TPSA) is 135 Å². The fraction of sp³-hybridized carbons (Fsp3) is 0.444. The second-order valence-corrected chi connectivity index (χ2v) is 9.29. The minimum atomic E-state index is -0.794. The molecule has 2 aromatic carbocycles. The standard InChI is InChI=1S/C13H16FN3O4.C13H18FN3O2.CH3.ClH.Pd/c1-21-13(18)16-7-5-15(6-8-16)9-10-3-2-4-11(12(10)14)17(19)20;1-19-13(18)17-7-5-16(6-8-17)9-10-3-2-4-11(15)12(10)14;;;/h2-4H,5-9H2,1H3;2-4H,5-9,15H2,1H3;1H3;1H;/q;;-1;;. The van der Waals surface area contributed by atoms with E-state index < -0.39 is 16.4 Å². The molecular weight excluding hydrogens is 684 g/mol. The molecule has 2 N–H and O–H groups in total. The minimum Gasteiger partial charge on any atom is -0.453 e. The number of nitro groups is 1. The van der Waals surface area contributed by atoms with Gasteiger partial charge >= 0.3 is 17.9 Å². The summed E-state index contributed by atoms with van der Waals surface area (Å²) in [7, 11) is 2.70. The van der Waals surface area contributed by atoms with Gasteiger partial charge in [-0.2, -0.15) is 4.39 Å². The molecule has 16 heteroatoms. The predicted octanol–water partition coefficient (Wildman–Crippen LogP) is 3.78. The molecule has 2 fully saturated rings. The Kier molecular flexibility index (Phi) is 17.9. The van der Waals surface area contributed by atoms with Crippen molar-refractivity contribution in [3.8, 4) is 0 Å². The fourth-order valence-electron chi connectivity index (χ4n) is 4.47. The number of hydrogen-bond donors (Lipinski definition) is 1. The average molecular weight is 723 g/mol.